The first-order valence-corrected chi connectivity index (χ1v) is 32.6. The molecular weight excluding hydrogens is 1640 g/mol. The quantitative estimate of drug-likeness (QED) is 0.00955. The number of nitrogens with one attached hydrogen (secondary N) is 3. The number of carbonyl (C=O) groups is 7. The molecule has 4 unspecified atom stereocenters. The Hall–Kier alpha value is -5.46. The number of ether oxygens (including phenoxy) is 3. The van der Waals surface area contributed by atoms with Gasteiger partial charge >= 0.3 is 132 Å². The van der Waals surface area contributed by atoms with E-state index >= 15 is 0 Å². The number of pyridine rings is 3. The first-order valence-electron chi connectivity index (χ1n) is 32.6. The molecule has 4 saturated heterocycles. The van der Waals surface area contributed by atoms with Crippen LogP contribution >= 0.6 is 0 Å². The Morgan fingerprint density at radius 2 is 0.981 bits per heavy atom. The van der Waals surface area contributed by atoms with Gasteiger partial charge in [-0.05, 0) is 56.7 Å². The van der Waals surface area contributed by atoms with Crippen LogP contribution in [0.1, 0.15) is 138 Å². The van der Waals surface area contributed by atoms with E-state index in [1.54, 1.807) is 9.47 Å². The monoisotopic (exact) mass is 1710 g/mol. The van der Waals surface area contributed by atoms with Gasteiger partial charge in [-0.15, -0.1) is 0 Å². The predicted octanol–water partition coefficient (Wildman–Crippen LogP) is -10.0. The molecule has 4 bridgehead atoms. The molecule has 8 N–H and O–H groups in total. The Kier molecular flexibility index (Phi) is 38.3. The minimum atomic E-state index is -1.92. The molecule has 1 saturated carbocycles. The van der Waals surface area contributed by atoms with Crippen molar-refractivity contribution in [2.24, 2.45) is 5.73 Å². The van der Waals surface area contributed by atoms with Crippen LogP contribution in [0.2, 0.25) is 0 Å². The van der Waals surface area contributed by atoms with E-state index in [0.29, 0.717) is 31.3 Å². The second-order valence-corrected chi connectivity index (χ2v) is 24.8. The third-order valence-electron chi connectivity index (χ3n) is 18.4. The number of aliphatic hydroxyl groups excluding tert-OH is 1. The zero-order valence-corrected chi connectivity index (χ0v) is 70.1. The standard InChI is InChI=1S/C22H22F2N4O4.C21H20F2N4O4.C18H18F2N2O7.C6H13N.CH2O3.2BrH.2K.Mg.H/c1-32-20-18-22(31)28-14-3-2-6-26(9-14)17(28)11-27(18)10-15(19(20)29)21(30)25-8-12-4-5-13(23)7-16(12)24;22-12-4-3-11(15(23)6-12)7-24-20(30)14-9-26-10-16-25-5-1-2-13(8-25)27(16)21(31)17(26)19(29)18(14)28;1-28-16-14(18(27)29-2)22(8-13(23)24)7-11(15(16)25)17(26)21-6-9-3-4-10(19)5-12(9)20;7-6-4-2-1-3-5-6;2-1-4-3;;;;;;/h4-5,7,10,14,17H,2-3,6,8-9,11H2,1H3,(H,25,30);3-4,6,9,13,16,29H,1-2,5,7-8,10H2,(H,24,30);3-5,7,13,23-24H,6,8H2,1-2H3,(H,21,26);6H,1-5,7H2;1,3H;2*1H;;;;/q;;;;;;;2*+1;+2;-1/p-3/t14-,17?;13-,16?;;;;;;;;;/m00........./s1. The summed E-state index contributed by atoms with van der Waals surface area (Å²) in [5, 5.41) is 44.6. The van der Waals surface area contributed by atoms with Gasteiger partial charge in [-0.1, -0.05) is 37.5 Å². The number of aromatic hydroxyl groups is 1. The van der Waals surface area contributed by atoms with Crippen molar-refractivity contribution in [3.63, 3.8) is 0 Å². The van der Waals surface area contributed by atoms with Crippen LogP contribution < -0.4 is 189 Å². The van der Waals surface area contributed by atoms with E-state index < -0.39 is 116 Å². The number of benzene rings is 3. The summed E-state index contributed by atoms with van der Waals surface area (Å²) in [4.78, 5) is 134. The molecule has 5 fully saturated rings. The Labute approximate surface area is 737 Å². The van der Waals surface area contributed by atoms with E-state index in [1.165, 1.54) is 68.3 Å². The van der Waals surface area contributed by atoms with Gasteiger partial charge in [0, 0.05) is 117 Å². The largest absolute Gasteiger partial charge is 2.00 e. The van der Waals surface area contributed by atoms with Gasteiger partial charge in [0.15, 0.2) is 40.6 Å². The fourth-order valence-corrected chi connectivity index (χ4v) is 13.5. The number of carbonyl (C=O) groups excluding carboxylic acids is 7. The SMILES string of the molecule is COC(=O)c1c(OC)c(=O)c(C(=O)NCc2ccc(F)cc2F)cn1CC(O)O.COc1c2n(cc(C(=O)NCc3ccc(F)cc3F)c1=O)CC1N3CCC[C@@H](C3)N1C2=O.NC1CCCCC1.O=C(NCc1ccc(F)cc1F)c1cn2c(c(O)c1=O)C(=O)N1C(C2)N2CCC[C@H]1C2.O=CO[O-].[Br-].[Br-].[H-].[K+].[K+].[Mg+2]. The Bertz CT molecular complexity index is 4440. The van der Waals surface area contributed by atoms with Crippen molar-refractivity contribution in [3.05, 3.63) is 189 Å². The van der Waals surface area contributed by atoms with Crippen molar-refractivity contribution in [2.45, 2.75) is 134 Å². The normalized spacial score (nSPS) is 18.6. The van der Waals surface area contributed by atoms with Crippen LogP contribution in [0.25, 0.3) is 0 Å². The van der Waals surface area contributed by atoms with Crippen LogP contribution in [-0.4, -0.2) is 198 Å². The van der Waals surface area contributed by atoms with Gasteiger partial charge in [-0.25, -0.2) is 31.1 Å². The van der Waals surface area contributed by atoms with Crippen molar-refractivity contribution >= 4 is 65.0 Å². The summed E-state index contributed by atoms with van der Waals surface area (Å²) < 4.78 is 99.2. The average Bonchev–Trinajstić information content (AvgIpc) is 1.63. The fraction of sp³-hybridized carbons (Fsp3) is 0.412. The van der Waals surface area contributed by atoms with Gasteiger partial charge in [0.25, 0.3) is 36.0 Å². The number of aliphatic hydroxyl groups is 2. The second kappa shape index (κ2) is 43.5. The molecule has 3 aromatic carbocycles. The first kappa shape index (κ1) is 94.9. The summed E-state index contributed by atoms with van der Waals surface area (Å²) >= 11 is 0. The molecule has 3 aromatic heterocycles. The van der Waals surface area contributed by atoms with Crippen LogP contribution in [-0.2, 0) is 53.7 Å². The average molecular weight is 1710 g/mol. The first-order chi connectivity index (χ1) is 49.2. The Morgan fingerprint density at radius 1 is 0.593 bits per heavy atom. The van der Waals surface area contributed by atoms with E-state index in [9.17, 15) is 84.8 Å². The van der Waals surface area contributed by atoms with Gasteiger partial charge in [0.1, 0.15) is 63.9 Å². The molecule has 570 valence electrons. The number of piperidine rings is 2. The molecule has 1 aliphatic carbocycles. The molecule has 7 aliphatic rings. The van der Waals surface area contributed by atoms with Gasteiger partial charge in [-0.2, -0.15) is 0 Å². The number of esters is 1. The van der Waals surface area contributed by atoms with Crippen molar-refractivity contribution < 1.29 is 238 Å². The van der Waals surface area contributed by atoms with E-state index in [1.807, 2.05) is 4.90 Å². The van der Waals surface area contributed by atoms with Crippen molar-refractivity contribution in [1.82, 2.24) is 49.3 Å². The van der Waals surface area contributed by atoms with E-state index in [2.05, 4.69) is 35.4 Å². The number of methoxy groups -OCH3 is 3. The van der Waals surface area contributed by atoms with Crippen LogP contribution in [0.4, 0.5) is 26.3 Å². The number of nitrogens with zero attached hydrogens (tertiary/aromatic N) is 7. The molecule has 6 aliphatic heterocycles. The van der Waals surface area contributed by atoms with E-state index in [4.69, 9.17) is 25.3 Å². The number of hydrogen-bond donors (Lipinski definition) is 7. The van der Waals surface area contributed by atoms with Gasteiger partial charge < -0.3 is 120 Å². The zero-order valence-electron chi connectivity index (χ0n) is 60.3. The van der Waals surface area contributed by atoms with Crippen LogP contribution in [0.15, 0.2) is 87.6 Å². The topological polar surface area (TPSA) is 381 Å². The van der Waals surface area contributed by atoms with Gasteiger partial charge in [0.2, 0.25) is 16.3 Å². The van der Waals surface area contributed by atoms with E-state index in [0.717, 1.165) is 107 Å². The van der Waals surface area contributed by atoms with Crippen molar-refractivity contribution in [1.29, 1.82) is 0 Å². The number of halogens is 8. The molecule has 0 radical (unpaired) electrons. The summed E-state index contributed by atoms with van der Waals surface area (Å²) in [5.74, 6) is -10.4. The minimum absolute atomic E-state index is 0. The smallest absolute Gasteiger partial charge is 1.00 e. The fourth-order valence-electron chi connectivity index (χ4n) is 13.5. The Balaban J connectivity index is 0.000000385. The van der Waals surface area contributed by atoms with Crippen molar-refractivity contribution in [2.75, 3.05) is 47.5 Å². The summed E-state index contributed by atoms with van der Waals surface area (Å²) in [6.45, 7) is 2.47. The molecule has 40 heteroatoms. The summed E-state index contributed by atoms with van der Waals surface area (Å²) in [6.07, 6.45) is 11.8. The maximum absolute atomic E-state index is 13.9. The summed E-state index contributed by atoms with van der Waals surface area (Å²) in [6, 6.07) is 9.49. The molecule has 6 aromatic rings. The Morgan fingerprint density at radius 3 is 1.35 bits per heavy atom. The number of rotatable bonds is 15. The number of aromatic nitrogens is 3. The minimum Gasteiger partial charge on any atom is -1.00 e. The van der Waals surface area contributed by atoms with E-state index in [-0.39, 0.29) is 263 Å². The zero-order chi connectivity index (χ0) is 74.7. The molecule has 6 atom stereocenters. The second-order valence-electron chi connectivity index (χ2n) is 24.8. The summed E-state index contributed by atoms with van der Waals surface area (Å²) in [7, 11) is 3.42. The van der Waals surface area contributed by atoms with Gasteiger partial charge in [-0.3, -0.25) is 53.0 Å². The molecule has 5 amide bonds. The van der Waals surface area contributed by atoms with Crippen LogP contribution in [0.3, 0.4) is 0 Å². The predicted molar refractivity (Wildman–Crippen MR) is 353 cm³/mol. The molecule has 108 heavy (non-hydrogen) atoms. The molecular formula is C68H75Br2F6K2MgN11O18. The third kappa shape index (κ3) is 22.3. The number of amides is 5. The van der Waals surface area contributed by atoms with Crippen LogP contribution in [0, 0.1) is 34.9 Å². The number of nitrogens with two attached hydrogens (primary N) is 1. The van der Waals surface area contributed by atoms with Crippen LogP contribution in [0.5, 0.6) is 17.2 Å². The molecule has 0 spiro atoms. The summed E-state index contributed by atoms with van der Waals surface area (Å²) in [5.41, 5.74) is 1.67. The molecule has 9 heterocycles. The third-order valence-corrected chi connectivity index (χ3v) is 18.4. The number of fused-ring (bicyclic) bond motifs is 12. The maximum atomic E-state index is 13.9. The van der Waals surface area contributed by atoms with Crippen molar-refractivity contribution in [3.8, 4) is 17.2 Å². The molecule has 13 rings (SSSR count). The molecule has 29 nitrogen and oxygen atoms in total. The maximum Gasteiger partial charge on any atom is 2.00 e. The van der Waals surface area contributed by atoms with Gasteiger partial charge in [0.05, 0.1) is 41.0 Å². The number of hydrogen-bond acceptors (Lipinski definition) is 21.